The summed E-state index contributed by atoms with van der Waals surface area (Å²) in [5, 5.41) is 4.59. The molecule has 66 heavy (non-hydrogen) atoms. The van der Waals surface area contributed by atoms with E-state index < -0.39 is 0 Å². The van der Waals surface area contributed by atoms with Crippen molar-refractivity contribution in [3.63, 3.8) is 0 Å². The molecule has 2 heterocycles. The smallest absolute Gasteiger partial charge is 0.145 e. The number of furan rings is 1. The van der Waals surface area contributed by atoms with Gasteiger partial charge in [-0.1, -0.05) is 184 Å². The summed E-state index contributed by atoms with van der Waals surface area (Å²) in [5.41, 5.74) is 20.4. The highest BCUT2D eigenvalue weighted by atomic mass is 16.3. The first-order valence-corrected chi connectivity index (χ1v) is 22.8. The van der Waals surface area contributed by atoms with Crippen LogP contribution >= 0.6 is 0 Å². The van der Waals surface area contributed by atoms with Gasteiger partial charge in [-0.3, -0.25) is 0 Å². The van der Waals surface area contributed by atoms with Crippen LogP contribution in [0.4, 0.5) is 17.1 Å². The van der Waals surface area contributed by atoms with E-state index in [0.29, 0.717) is 0 Å². The van der Waals surface area contributed by atoms with Crippen molar-refractivity contribution in [1.29, 1.82) is 0 Å². The molecule has 0 amide bonds. The second-order valence-corrected chi connectivity index (χ2v) is 18.0. The maximum absolute atomic E-state index is 7.11. The Morgan fingerprint density at radius 2 is 0.985 bits per heavy atom. The Hall–Kier alpha value is -8.40. The highest BCUT2D eigenvalue weighted by Crippen LogP contribution is 2.52. The van der Waals surface area contributed by atoms with Crippen LogP contribution in [0.15, 0.2) is 235 Å². The SMILES string of the molecule is CC1(C)c2ccccc2-c2ccc(-c3cccc(N(c4ccccc4-c4ccccc4)c4ccc(-c5ccccc5-n5c6ccccc6c6ccccc65)c5oc6ccccc6c45)c3)cc21. The highest BCUT2D eigenvalue weighted by Gasteiger charge is 2.35. The van der Waals surface area contributed by atoms with Crippen LogP contribution in [0.25, 0.3) is 93.9 Å². The molecule has 0 spiro atoms. The number of aromatic nitrogens is 1. The second-order valence-electron chi connectivity index (χ2n) is 18.0. The zero-order valence-electron chi connectivity index (χ0n) is 36.7. The van der Waals surface area contributed by atoms with Gasteiger partial charge < -0.3 is 13.9 Å². The Morgan fingerprint density at radius 3 is 1.79 bits per heavy atom. The fourth-order valence-electron chi connectivity index (χ4n) is 10.9. The molecule has 0 atom stereocenters. The predicted octanol–water partition coefficient (Wildman–Crippen LogP) is 17.5. The first kappa shape index (κ1) is 38.1. The monoisotopic (exact) mass is 844 g/mol. The molecule has 0 aliphatic heterocycles. The number of benzene rings is 10. The molecular formula is C63H44N2O. The lowest BCUT2D eigenvalue weighted by Crippen LogP contribution is -2.15. The normalized spacial score (nSPS) is 12.8. The lowest BCUT2D eigenvalue weighted by atomic mass is 9.81. The van der Waals surface area contributed by atoms with Crippen molar-refractivity contribution in [2.24, 2.45) is 0 Å². The summed E-state index contributed by atoms with van der Waals surface area (Å²) in [6, 6.07) is 83.7. The van der Waals surface area contributed by atoms with Gasteiger partial charge in [0, 0.05) is 44.0 Å². The van der Waals surface area contributed by atoms with E-state index in [-0.39, 0.29) is 5.41 Å². The molecule has 0 fully saturated rings. The summed E-state index contributed by atoms with van der Waals surface area (Å²) in [5.74, 6) is 0. The third-order valence-electron chi connectivity index (χ3n) is 14.0. The number of para-hydroxylation sites is 5. The zero-order valence-corrected chi connectivity index (χ0v) is 36.7. The molecule has 3 nitrogen and oxygen atoms in total. The summed E-state index contributed by atoms with van der Waals surface area (Å²) in [4.78, 5) is 2.45. The third-order valence-corrected chi connectivity index (χ3v) is 14.0. The van der Waals surface area contributed by atoms with Crippen molar-refractivity contribution in [1.82, 2.24) is 4.57 Å². The largest absolute Gasteiger partial charge is 0.455 e. The Morgan fingerprint density at radius 1 is 0.394 bits per heavy atom. The van der Waals surface area contributed by atoms with E-state index in [9.17, 15) is 0 Å². The van der Waals surface area contributed by atoms with Crippen LogP contribution in [-0.2, 0) is 5.41 Å². The maximum atomic E-state index is 7.11. The van der Waals surface area contributed by atoms with Gasteiger partial charge in [-0.05, 0) is 99.6 Å². The second kappa shape index (κ2) is 14.8. The predicted molar refractivity (Wildman–Crippen MR) is 277 cm³/mol. The molecule has 0 bridgehead atoms. The van der Waals surface area contributed by atoms with Crippen molar-refractivity contribution in [2.75, 3.05) is 4.90 Å². The van der Waals surface area contributed by atoms with E-state index in [1.807, 2.05) is 0 Å². The molecule has 3 heteroatoms. The van der Waals surface area contributed by atoms with Gasteiger partial charge in [0.15, 0.2) is 0 Å². The molecule has 312 valence electrons. The van der Waals surface area contributed by atoms with Gasteiger partial charge >= 0.3 is 0 Å². The number of rotatable bonds is 7. The third kappa shape index (κ3) is 5.76. The summed E-state index contributed by atoms with van der Waals surface area (Å²) >= 11 is 0. The van der Waals surface area contributed by atoms with E-state index in [1.165, 1.54) is 49.6 Å². The van der Waals surface area contributed by atoms with Gasteiger partial charge in [-0.2, -0.15) is 0 Å². The molecule has 0 N–H and O–H groups in total. The average Bonchev–Trinajstić information content (AvgIpc) is 4.01. The van der Waals surface area contributed by atoms with Crippen LogP contribution in [0.1, 0.15) is 25.0 Å². The lowest BCUT2D eigenvalue weighted by molar-refractivity contribution is 0.660. The van der Waals surface area contributed by atoms with Gasteiger partial charge in [0.2, 0.25) is 0 Å². The lowest BCUT2D eigenvalue weighted by Gasteiger charge is -2.29. The molecule has 1 aliphatic carbocycles. The van der Waals surface area contributed by atoms with Crippen LogP contribution in [0.5, 0.6) is 0 Å². The first-order valence-electron chi connectivity index (χ1n) is 22.8. The van der Waals surface area contributed by atoms with Crippen LogP contribution < -0.4 is 4.90 Å². The number of nitrogens with zero attached hydrogens (tertiary/aromatic N) is 2. The number of fused-ring (bicyclic) bond motifs is 9. The maximum Gasteiger partial charge on any atom is 0.145 e. The Bertz CT molecular complexity index is 3820. The van der Waals surface area contributed by atoms with Crippen LogP contribution in [0, 0.1) is 0 Å². The van der Waals surface area contributed by atoms with Crippen molar-refractivity contribution in [2.45, 2.75) is 19.3 Å². The molecule has 10 aromatic carbocycles. The minimum atomic E-state index is -0.101. The standard InChI is InChI=1S/C63H44N2O/c1-63(2)53-29-12-6-24-46(53)47-36-35-43(40-54(47)63)42-21-18-22-44(39-42)64(55-30-13-7-23-45(55)41-19-4-3-5-20-41)59-38-37-51(62-61(59)52-28-11-17-34-60(52)66-62)50-27-10-16-33-58(50)65-56-31-14-8-25-48(56)49-26-9-15-32-57(49)65/h3-40H,1-2H3. The van der Waals surface area contributed by atoms with Gasteiger partial charge in [-0.25, -0.2) is 0 Å². The highest BCUT2D eigenvalue weighted by molar-refractivity contribution is 6.18. The molecule has 12 aromatic rings. The topological polar surface area (TPSA) is 21.3 Å². The van der Waals surface area contributed by atoms with Gasteiger partial charge in [0.1, 0.15) is 11.2 Å². The van der Waals surface area contributed by atoms with E-state index in [1.54, 1.807) is 0 Å². The number of anilines is 3. The van der Waals surface area contributed by atoms with Crippen molar-refractivity contribution >= 4 is 60.8 Å². The van der Waals surface area contributed by atoms with Crippen molar-refractivity contribution in [3.8, 4) is 50.2 Å². The average molecular weight is 845 g/mol. The summed E-state index contributed by atoms with van der Waals surface area (Å²) in [6.45, 7) is 4.71. The van der Waals surface area contributed by atoms with Gasteiger partial charge in [-0.15, -0.1) is 0 Å². The summed E-state index contributed by atoms with van der Waals surface area (Å²) < 4.78 is 9.52. The van der Waals surface area contributed by atoms with E-state index in [4.69, 9.17) is 4.42 Å². The molecular weight excluding hydrogens is 801 g/mol. The van der Waals surface area contributed by atoms with Crippen molar-refractivity contribution < 1.29 is 4.42 Å². The first-order chi connectivity index (χ1) is 32.5. The van der Waals surface area contributed by atoms with Crippen molar-refractivity contribution in [3.05, 3.63) is 242 Å². The van der Waals surface area contributed by atoms with Gasteiger partial charge in [0.25, 0.3) is 0 Å². The molecule has 0 unspecified atom stereocenters. The minimum Gasteiger partial charge on any atom is -0.455 e. The Balaban J connectivity index is 1.05. The fourth-order valence-corrected chi connectivity index (χ4v) is 10.9. The molecule has 0 saturated carbocycles. The summed E-state index contributed by atoms with van der Waals surface area (Å²) in [7, 11) is 0. The van der Waals surface area contributed by atoms with Gasteiger partial charge in [0.05, 0.1) is 33.5 Å². The van der Waals surface area contributed by atoms with Crippen LogP contribution in [-0.4, -0.2) is 4.57 Å². The molecule has 13 rings (SSSR count). The molecule has 1 aliphatic rings. The molecule has 0 radical (unpaired) electrons. The quantitative estimate of drug-likeness (QED) is 0.159. The van der Waals surface area contributed by atoms with E-state index >= 15 is 0 Å². The zero-order chi connectivity index (χ0) is 43.9. The van der Waals surface area contributed by atoms with Crippen LogP contribution in [0.2, 0.25) is 0 Å². The molecule has 0 saturated heterocycles. The summed E-state index contributed by atoms with van der Waals surface area (Å²) in [6.07, 6.45) is 0. The van der Waals surface area contributed by atoms with E-state index in [0.717, 1.165) is 72.5 Å². The Kier molecular flexibility index (Phi) is 8.56. The number of hydrogen-bond acceptors (Lipinski definition) is 2. The molecule has 2 aromatic heterocycles. The van der Waals surface area contributed by atoms with E-state index in [2.05, 4.69) is 254 Å². The number of hydrogen-bond donors (Lipinski definition) is 0. The fraction of sp³-hybridized carbons (Fsp3) is 0.0476. The Labute approximate surface area is 384 Å². The minimum absolute atomic E-state index is 0.101. The van der Waals surface area contributed by atoms with Crippen LogP contribution in [0.3, 0.4) is 0 Å².